The standard InChI is InChI=1S/C26H21NO2/c1-18-2-4-19(5-3-18)20-6-8-21(9-7-20)22-12-16-25(17-13-22)29-26(28)23-10-14-24(27)15-11-23/h2-17H,27H2,1H3. The summed E-state index contributed by atoms with van der Waals surface area (Å²) in [7, 11) is 0. The van der Waals surface area contributed by atoms with Gasteiger partial charge in [0.1, 0.15) is 5.75 Å². The second kappa shape index (κ2) is 8.03. The van der Waals surface area contributed by atoms with E-state index in [0.717, 1.165) is 11.1 Å². The Labute approximate surface area is 170 Å². The summed E-state index contributed by atoms with van der Waals surface area (Å²) in [4.78, 5) is 12.2. The zero-order chi connectivity index (χ0) is 20.2. The second-order valence-electron chi connectivity index (χ2n) is 6.98. The van der Waals surface area contributed by atoms with Crippen LogP contribution in [-0.2, 0) is 0 Å². The molecular weight excluding hydrogens is 358 g/mol. The molecule has 4 rings (SSSR count). The van der Waals surface area contributed by atoms with Crippen LogP contribution >= 0.6 is 0 Å². The Morgan fingerprint density at radius 1 is 0.621 bits per heavy atom. The van der Waals surface area contributed by atoms with Gasteiger partial charge in [0.2, 0.25) is 0 Å². The van der Waals surface area contributed by atoms with E-state index in [1.165, 1.54) is 16.7 Å². The highest BCUT2D eigenvalue weighted by Crippen LogP contribution is 2.26. The van der Waals surface area contributed by atoms with Crippen molar-refractivity contribution < 1.29 is 9.53 Å². The number of carbonyl (C=O) groups is 1. The fourth-order valence-corrected chi connectivity index (χ4v) is 3.10. The molecule has 0 bridgehead atoms. The molecule has 0 aliphatic heterocycles. The molecule has 0 radical (unpaired) electrons. The van der Waals surface area contributed by atoms with Crippen LogP contribution in [0, 0.1) is 6.92 Å². The molecule has 0 aliphatic rings. The summed E-state index contributed by atoms with van der Waals surface area (Å²) in [6.07, 6.45) is 0. The number of nitrogens with two attached hydrogens (primary N) is 1. The molecule has 0 spiro atoms. The first kappa shape index (κ1) is 18.5. The van der Waals surface area contributed by atoms with Gasteiger partial charge in [-0.2, -0.15) is 0 Å². The summed E-state index contributed by atoms with van der Waals surface area (Å²) >= 11 is 0. The molecular formula is C26H21NO2. The minimum atomic E-state index is -0.403. The number of aryl methyl sites for hydroxylation is 1. The monoisotopic (exact) mass is 379 g/mol. The molecule has 4 aromatic carbocycles. The number of carbonyl (C=O) groups excluding carboxylic acids is 1. The first-order chi connectivity index (χ1) is 14.1. The van der Waals surface area contributed by atoms with Crippen molar-refractivity contribution >= 4 is 11.7 Å². The van der Waals surface area contributed by atoms with E-state index in [-0.39, 0.29) is 0 Å². The number of esters is 1. The molecule has 4 aromatic rings. The van der Waals surface area contributed by atoms with E-state index in [1.807, 2.05) is 12.1 Å². The Bertz CT molecular complexity index is 1110. The van der Waals surface area contributed by atoms with Crippen molar-refractivity contribution in [2.75, 3.05) is 5.73 Å². The third-order valence-corrected chi connectivity index (χ3v) is 4.81. The maximum absolute atomic E-state index is 12.2. The molecule has 0 heterocycles. The van der Waals surface area contributed by atoms with Gasteiger partial charge in [0.05, 0.1) is 5.56 Å². The summed E-state index contributed by atoms with van der Waals surface area (Å²) in [6, 6.07) is 31.1. The SMILES string of the molecule is Cc1ccc(-c2ccc(-c3ccc(OC(=O)c4ccc(N)cc4)cc3)cc2)cc1. The quantitative estimate of drug-likeness (QED) is 0.264. The van der Waals surface area contributed by atoms with Crippen molar-refractivity contribution in [2.24, 2.45) is 0 Å². The van der Waals surface area contributed by atoms with Gasteiger partial charge in [0, 0.05) is 5.69 Å². The highest BCUT2D eigenvalue weighted by Gasteiger charge is 2.08. The van der Waals surface area contributed by atoms with Gasteiger partial charge in [-0.15, -0.1) is 0 Å². The molecule has 0 saturated heterocycles. The third kappa shape index (κ3) is 4.36. The molecule has 2 N–H and O–H groups in total. The number of hydrogen-bond acceptors (Lipinski definition) is 3. The van der Waals surface area contributed by atoms with Gasteiger partial charge < -0.3 is 10.5 Å². The van der Waals surface area contributed by atoms with E-state index in [1.54, 1.807) is 36.4 Å². The van der Waals surface area contributed by atoms with E-state index < -0.39 is 5.97 Å². The van der Waals surface area contributed by atoms with E-state index in [9.17, 15) is 4.79 Å². The predicted octanol–water partition coefficient (Wildman–Crippen LogP) is 6.13. The minimum Gasteiger partial charge on any atom is -0.423 e. The Morgan fingerprint density at radius 2 is 1.03 bits per heavy atom. The van der Waals surface area contributed by atoms with Crippen molar-refractivity contribution in [2.45, 2.75) is 6.92 Å². The van der Waals surface area contributed by atoms with Gasteiger partial charge in [0.25, 0.3) is 0 Å². The summed E-state index contributed by atoms with van der Waals surface area (Å²) in [5.41, 5.74) is 12.5. The molecule has 0 fully saturated rings. The number of benzene rings is 4. The van der Waals surface area contributed by atoms with Crippen molar-refractivity contribution in [1.82, 2.24) is 0 Å². The molecule has 29 heavy (non-hydrogen) atoms. The van der Waals surface area contributed by atoms with Crippen LogP contribution < -0.4 is 10.5 Å². The molecule has 0 aliphatic carbocycles. The van der Waals surface area contributed by atoms with Crippen molar-refractivity contribution in [3.05, 3.63) is 108 Å². The fourth-order valence-electron chi connectivity index (χ4n) is 3.10. The average Bonchev–Trinajstić information content (AvgIpc) is 2.75. The van der Waals surface area contributed by atoms with E-state index in [4.69, 9.17) is 10.5 Å². The molecule has 0 unspecified atom stereocenters. The normalized spacial score (nSPS) is 10.5. The van der Waals surface area contributed by atoms with Crippen LogP contribution in [0.3, 0.4) is 0 Å². The second-order valence-corrected chi connectivity index (χ2v) is 6.98. The van der Waals surface area contributed by atoms with Crippen LogP contribution in [0.2, 0.25) is 0 Å². The Kier molecular flexibility index (Phi) is 5.12. The van der Waals surface area contributed by atoms with Crippen LogP contribution in [-0.4, -0.2) is 5.97 Å². The lowest BCUT2D eigenvalue weighted by Gasteiger charge is -2.08. The van der Waals surface area contributed by atoms with Gasteiger partial charge in [0.15, 0.2) is 0 Å². The summed E-state index contributed by atoms with van der Waals surface area (Å²) < 4.78 is 5.44. The minimum absolute atomic E-state index is 0.403. The van der Waals surface area contributed by atoms with Crippen molar-refractivity contribution in [3.63, 3.8) is 0 Å². The Balaban J connectivity index is 1.46. The average molecular weight is 379 g/mol. The number of ether oxygens (including phenoxy) is 1. The molecule has 0 saturated carbocycles. The summed E-state index contributed by atoms with van der Waals surface area (Å²) in [5.74, 6) is 0.104. The van der Waals surface area contributed by atoms with Crippen LogP contribution in [0.25, 0.3) is 22.3 Å². The lowest BCUT2D eigenvalue weighted by atomic mass is 10.00. The first-order valence-corrected chi connectivity index (χ1v) is 9.44. The van der Waals surface area contributed by atoms with Crippen molar-refractivity contribution in [3.8, 4) is 28.0 Å². The molecule has 0 atom stereocenters. The zero-order valence-corrected chi connectivity index (χ0v) is 16.1. The summed E-state index contributed by atoms with van der Waals surface area (Å²) in [5, 5.41) is 0. The molecule has 0 aromatic heterocycles. The lowest BCUT2D eigenvalue weighted by molar-refractivity contribution is 0.0735. The van der Waals surface area contributed by atoms with Crippen LogP contribution in [0.5, 0.6) is 5.75 Å². The number of rotatable bonds is 4. The van der Waals surface area contributed by atoms with E-state index in [0.29, 0.717) is 17.0 Å². The largest absolute Gasteiger partial charge is 0.423 e. The number of hydrogen-bond donors (Lipinski definition) is 1. The van der Waals surface area contributed by atoms with Crippen LogP contribution in [0.1, 0.15) is 15.9 Å². The van der Waals surface area contributed by atoms with Crippen LogP contribution in [0.15, 0.2) is 97.1 Å². The molecule has 3 nitrogen and oxygen atoms in total. The Morgan fingerprint density at radius 3 is 1.52 bits per heavy atom. The first-order valence-electron chi connectivity index (χ1n) is 9.44. The van der Waals surface area contributed by atoms with E-state index >= 15 is 0 Å². The van der Waals surface area contributed by atoms with Crippen molar-refractivity contribution in [1.29, 1.82) is 0 Å². The summed E-state index contributed by atoms with van der Waals surface area (Å²) in [6.45, 7) is 2.09. The zero-order valence-electron chi connectivity index (χ0n) is 16.1. The smallest absolute Gasteiger partial charge is 0.343 e. The van der Waals surface area contributed by atoms with Crippen LogP contribution in [0.4, 0.5) is 5.69 Å². The highest BCUT2D eigenvalue weighted by atomic mass is 16.5. The maximum atomic E-state index is 12.2. The molecule has 0 amide bonds. The van der Waals surface area contributed by atoms with E-state index in [2.05, 4.69) is 55.5 Å². The molecule has 3 heteroatoms. The lowest BCUT2D eigenvalue weighted by Crippen LogP contribution is -2.08. The fraction of sp³-hybridized carbons (Fsp3) is 0.0385. The highest BCUT2D eigenvalue weighted by molar-refractivity contribution is 5.91. The van der Waals surface area contributed by atoms with Gasteiger partial charge in [-0.25, -0.2) is 4.79 Å². The van der Waals surface area contributed by atoms with Gasteiger partial charge in [-0.3, -0.25) is 0 Å². The van der Waals surface area contributed by atoms with Gasteiger partial charge in [-0.1, -0.05) is 66.2 Å². The third-order valence-electron chi connectivity index (χ3n) is 4.81. The molecule has 142 valence electrons. The van der Waals surface area contributed by atoms with Gasteiger partial charge in [-0.05, 0) is 65.6 Å². The predicted molar refractivity (Wildman–Crippen MR) is 118 cm³/mol. The van der Waals surface area contributed by atoms with Gasteiger partial charge >= 0.3 is 5.97 Å². The number of anilines is 1. The Hall–Kier alpha value is -3.85. The topological polar surface area (TPSA) is 52.3 Å². The number of nitrogen functional groups attached to an aromatic ring is 1. The maximum Gasteiger partial charge on any atom is 0.343 e.